The molecule has 0 heterocycles. The first-order chi connectivity index (χ1) is 9.51. The number of halogens is 2. The lowest BCUT2D eigenvalue weighted by Crippen LogP contribution is -2.13. The molecule has 2 aromatic carbocycles. The number of hydrogen-bond acceptors (Lipinski definition) is 2. The van der Waals surface area contributed by atoms with Crippen molar-refractivity contribution in [3.05, 3.63) is 57.8 Å². The van der Waals surface area contributed by atoms with E-state index in [4.69, 9.17) is 0 Å². The van der Waals surface area contributed by atoms with E-state index in [0.29, 0.717) is 5.56 Å². The highest BCUT2D eigenvalue weighted by Crippen LogP contribution is 2.35. The molecule has 0 fully saturated rings. The van der Waals surface area contributed by atoms with Gasteiger partial charge in [-0.05, 0) is 68.4 Å². The molecule has 4 heteroatoms. The normalized spacial score (nSPS) is 12.4. The number of benzene rings is 2. The molecule has 0 bridgehead atoms. The van der Waals surface area contributed by atoms with Gasteiger partial charge in [0.15, 0.2) is 0 Å². The molecule has 0 amide bonds. The summed E-state index contributed by atoms with van der Waals surface area (Å²) in [4.78, 5) is 2.23. The molecule has 106 valence electrons. The molecule has 1 nitrogen and oxygen atoms in total. The third-order valence-corrected chi connectivity index (χ3v) is 4.84. The molecular formula is C16H17BrFNS. The molecule has 1 N–H and O–H groups in total. The minimum absolute atomic E-state index is 0.114. The highest BCUT2D eigenvalue weighted by Gasteiger charge is 2.13. The van der Waals surface area contributed by atoms with Gasteiger partial charge in [-0.3, -0.25) is 0 Å². The predicted molar refractivity (Wildman–Crippen MR) is 86.9 cm³/mol. The second-order valence-corrected chi connectivity index (χ2v) is 6.74. The first-order valence-corrected chi connectivity index (χ1v) is 8.03. The Balaban J connectivity index is 2.38. The maximum absolute atomic E-state index is 13.8. The molecule has 0 aliphatic heterocycles. The fraction of sp³-hybridized carbons (Fsp3) is 0.250. The van der Waals surface area contributed by atoms with Crippen molar-refractivity contribution in [1.82, 2.24) is 5.32 Å². The highest BCUT2D eigenvalue weighted by atomic mass is 79.9. The van der Waals surface area contributed by atoms with Gasteiger partial charge in [-0.1, -0.05) is 27.7 Å². The van der Waals surface area contributed by atoms with Gasteiger partial charge in [0.05, 0.1) is 0 Å². The molecule has 0 spiro atoms. The van der Waals surface area contributed by atoms with Crippen LogP contribution in [0.4, 0.5) is 4.39 Å². The summed E-state index contributed by atoms with van der Waals surface area (Å²) in [5.41, 5.74) is 1.67. The van der Waals surface area contributed by atoms with Crippen LogP contribution in [0.2, 0.25) is 0 Å². The van der Waals surface area contributed by atoms with Gasteiger partial charge in [0.25, 0.3) is 0 Å². The quantitative estimate of drug-likeness (QED) is 0.797. The van der Waals surface area contributed by atoms with Gasteiger partial charge < -0.3 is 5.32 Å². The lowest BCUT2D eigenvalue weighted by Gasteiger charge is -2.17. The topological polar surface area (TPSA) is 12.0 Å². The first-order valence-electron chi connectivity index (χ1n) is 6.42. The molecule has 2 aromatic rings. The van der Waals surface area contributed by atoms with E-state index < -0.39 is 0 Å². The monoisotopic (exact) mass is 353 g/mol. The molecule has 0 aromatic heterocycles. The number of aryl methyl sites for hydroxylation is 1. The average Bonchev–Trinajstić information content (AvgIpc) is 2.44. The van der Waals surface area contributed by atoms with Crippen LogP contribution in [-0.2, 0) is 0 Å². The number of hydrogen-bond donors (Lipinski definition) is 1. The molecule has 2 rings (SSSR count). The van der Waals surface area contributed by atoms with Gasteiger partial charge in [0.2, 0.25) is 0 Å². The van der Waals surface area contributed by atoms with Crippen LogP contribution in [0.5, 0.6) is 0 Å². The summed E-state index contributed by atoms with van der Waals surface area (Å²) in [6, 6.07) is 11.8. The molecule has 1 unspecified atom stereocenters. The van der Waals surface area contributed by atoms with Crippen molar-refractivity contribution in [3.63, 3.8) is 0 Å². The number of nitrogens with one attached hydrogen (secondary N) is 1. The van der Waals surface area contributed by atoms with E-state index in [-0.39, 0.29) is 11.9 Å². The lowest BCUT2D eigenvalue weighted by atomic mass is 10.1. The first kappa shape index (κ1) is 15.5. The van der Waals surface area contributed by atoms with Crippen LogP contribution in [0.1, 0.15) is 24.1 Å². The van der Waals surface area contributed by atoms with Crippen LogP contribution in [0.3, 0.4) is 0 Å². The van der Waals surface area contributed by atoms with Crippen LogP contribution in [0.15, 0.2) is 50.7 Å². The van der Waals surface area contributed by atoms with Crippen molar-refractivity contribution in [3.8, 4) is 0 Å². The summed E-state index contributed by atoms with van der Waals surface area (Å²) in [6.07, 6.45) is 0. The molecule has 0 saturated heterocycles. The second-order valence-electron chi connectivity index (χ2n) is 4.71. The molecular weight excluding hydrogens is 337 g/mol. The Morgan fingerprint density at radius 2 is 1.85 bits per heavy atom. The predicted octanol–water partition coefficient (Wildman–Crippen LogP) is 5.33. The second kappa shape index (κ2) is 6.74. The van der Waals surface area contributed by atoms with Gasteiger partial charge in [-0.2, -0.15) is 0 Å². The van der Waals surface area contributed by atoms with Gasteiger partial charge in [0.1, 0.15) is 5.82 Å². The maximum atomic E-state index is 13.8. The zero-order chi connectivity index (χ0) is 14.7. The third-order valence-electron chi connectivity index (χ3n) is 3.23. The number of rotatable bonds is 4. The van der Waals surface area contributed by atoms with E-state index in [0.717, 1.165) is 19.8 Å². The van der Waals surface area contributed by atoms with Crippen molar-refractivity contribution in [2.24, 2.45) is 0 Å². The minimum atomic E-state index is -0.151. The van der Waals surface area contributed by atoms with E-state index in [2.05, 4.69) is 33.4 Å². The largest absolute Gasteiger partial charge is 0.313 e. The van der Waals surface area contributed by atoms with Gasteiger partial charge in [0, 0.05) is 20.3 Å². The molecule has 0 saturated carbocycles. The van der Waals surface area contributed by atoms with Crippen molar-refractivity contribution >= 4 is 27.7 Å². The summed E-state index contributed by atoms with van der Waals surface area (Å²) in [5, 5.41) is 3.18. The van der Waals surface area contributed by atoms with E-state index in [1.807, 2.05) is 32.2 Å². The van der Waals surface area contributed by atoms with Crippen LogP contribution in [0.25, 0.3) is 0 Å². The summed E-state index contributed by atoms with van der Waals surface area (Å²) >= 11 is 5.09. The Morgan fingerprint density at radius 3 is 2.45 bits per heavy atom. The summed E-state index contributed by atoms with van der Waals surface area (Å²) < 4.78 is 14.9. The molecule has 20 heavy (non-hydrogen) atoms. The Kier molecular flexibility index (Phi) is 5.24. The third kappa shape index (κ3) is 3.62. The molecule has 0 aliphatic carbocycles. The van der Waals surface area contributed by atoms with E-state index in [9.17, 15) is 4.39 Å². The van der Waals surface area contributed by atoms with Crippen molar-refractivity contribution in [2.45, 2.75) is 29.7 Å². The zero-order valence-corrected chi connectivity index (χ0v) is 14.1. The maximum Gasteiger partial charge on any atom is 0.126 e. The van der Waals surface area contributed by atoms with Crippen LogP contribution < -0.4 is 5.32 Å². The summed E-state index contributed by atoms with van der Waals surface area (Å²) in [6.45, 7) is 3.84. The van der Waals surface area contributed by atoms with Crippen molar-refractivity contribution in [2.75, 3.05) is 7.05 Å². The van der Waals surface area contributed by atoms with Crippen LogP contribution in [0, 0.1) is 12.7 Å². The Morgan fingerprint density at radius 1 is 1.20 bits per heavy atom. The van der Waals surface area contributed by atoms with Crippen LogP contribution in [-0.4, -0.2) is 7.05 Å². The van der Waals surface area contributed by atoms with E-state index in [1.165, 1.54) is 0 Å². The summed E-state index contributed by atoms with van der Waals surface area (Å²) in [7, 11) is 1.89. The molecule has 0 radical (unpaired) electrons. The highest BCUT2D eigenvalue weighted by molar-refractivity contribution is 9.10. The molecule has 1 atom stereocenters. The SMILES string of the molecule is CNC(C)c1cc(F)c(C)cc1Sc1ccc(Br)cc1. The molecule has 0 aliphatic rings. The Labute approximate surface area is 132 Å². The van der Waals surface area contributed by atoms with Crippen molar-refractivity contribution < 1.29 is 4.39 Å². The van der Waals surface area contributed by atoms with Gasteiger partial charge in [-0.15, -0.1) is 0 Å². The smallest absolute Gasteiger partial charge is 0.126 e. The minimum Gasteiger partial charge on any atom is -0.313 e. The zero-order valence-electron chi connectivity index (χ0n) is 11.7. The Bertz CT molecular complexity index is 598. The van der Waals surface area contributed by atoms with E-state index in [1.54, 1.807) is 24.8 Å². The van der Waals surface area contributed by atoms with E-state index >= 15 is 0 Å². The fourth-order valence-electron chi connectivity index (χ4n) is 1.88. The lowest BCUT2D eigenvalue weighted by molar-refractivity contribution is 0.594. The fourth-order valence-corrected chi connectivity index (χ4v) is 3.26. The average molecular weight is 354 g/mol. The van der Waals surface area contributed by atoms with Crippen LogP contribution >= 0.6 is 27.7 Å². The van der Waals surface area contributed by atoms with Crippen molar-refractivity contribution in [1.29, 1.82) is 0 Å². The van der Waals surface area contributed by atoms with Gasteiger partial charge >= 0.3 is 0 Å². The standard InChI is InChI=1S/C16H17BrFNS/c1-10-8-16(14(9-15(10)18)11(2)19-3)20-13-6-4-12(17)5-7-13/h4-9,11,19H,1-3H3. The Hall–Kier alpha value is -0.840. The summed E-state index contributed by atoms with van der Waals surface area (Å²) in [5.74, 6) is -0.151. The van der Waals surface area contributed by atoms with Gasteiger partial charge in [-0.25, -0.2) is 4.39 Å².